The van der Waals surface area contributed by atoms with Gasteiger partial charge in [0.2, 0.25) is 0 Å². The van der Waals surface area contributed by atoms with E-state index in [1.165, 1.54) is 0 Å². The van der Waals surface area contributed by atoms with Gasteiger partial charge in [0.15, 0.2) is 0 Å². The molecule has 0 aliphatic rings. The zero-order valence-corrected chi connectivity index (χ0v) is 16.9. The Labute approximate surface area is 161 Å². The Bertz CT molecular complexity index is 356. The molecule has 0 saturated carbocycles. The first-order chi connectivity index (χ1) is 12.4. The van der Waals surface area contributed by atoms with Crippen molar-refractivity contribution < 1.29 is 57.1 Å². The molecule has 0 atom stereocenters. The van der Waals surface area contributed by atoms with Crippen LogP contribution in [0.1, 0.15) is 0 Å². The van der Waals surface area contributed by atoms with Gasteiger partial charge in [0.05, 0.1) is 53.7 Å². The van der Waals surface area contributed by atoms with Crippen molar-refractivity contribution in [1.82, 2.24) is 0 Å². The molecule has 0 aliphatic heterocycles. The van der Waals surface area contributed by atoms with E-state index >= 15 is 0 Å². The fourth-order valence-electron chi connectivity index (χ4n) is 2.12. The van der Waals surface area contributed by atoms with Crippen molar-refractivity contribution >= 4 is 10.4 Å². The molecule has 0 unspecified atom stereocenters. The van der Waals surface area contributed by atoms with Crippen LogP contribution in [0.4, 0.5) is 0 Å². The van der Waals surface area contributed by atoms with Gasteiger partial charge in [-0.3, -0.25) is 8.42 Å². The molecule has 0 spiro atoms. The van der Waals surface area contributed by atoms with Gasteiger partial charge >= 0.3 is 0 Å². The van der Waals surface area contributed by atoms with Crippen LogP contribution in [0.5, 0.6) is 0 Å². The minimum atomic E-state index is -5.17. The SMILES string of the molecule is C[N+](CCO)(CCO)CCO.C[N+](CCO)(CCO)CCO.O=S(=O)([O-])[O-]. The zero-order chi connectivity index (χ0) is 22.0. The third-order valence-electron chi connectivity index (χ3n) is 3.84. The number of nitrogens with zero attached hydrogens (tertiary/aromatic N) is 2. The third-order valence-corrected chi connectivity index (χ3v) is 3.84. The summed E-state index contributed by atoms with van der Waals surface area (Å²) in [6.45, 7) is 4.07. The van der Waals surface area contributed by atoms with Gasteiger partial charge in [-0.05, 0) is 0 Å². The number of rotatable bonds is 12. The summed E-state index contributed by atoms with van der Waals surface area (Å²) in [6, 6.07) is 0. The van der Waals surface area contributed by atoms with Crippen molar-refractivity contribution in [3.63, 3.8) is 0 Å². The highest BCUT2D eigenvalue weighted by Crippen LogP contribution is 1.99. The van der Waals surface area contributed by atoms with Crippen molar-refractivity contribution in [3.05, 3.63) is 0 Å². The molecule has 0 fully saturated rings. The van der Waals surface area contributed by atoms with Gasteiger partial charge in [0.25, 0.3) is 0 Å². The highest BCUT2D eigenvalue weighted by atomic mass is 32.3. The summed E-state index contributed by atoms with van der Waals surface area (Å²) < 4.78 is 35.1. The molecule has 0 bridgehead atoms. The molecule has 0 aliphatic carbocycles. The zero-order valence-electron chi connectivity index (χ0n) is 16.1. The molecule has 0 rings (SSSR count). The lowest BCUT2D eigenvalue weighted by atomic mass is 10.4. The molecule has 0 radical (unpaired) electrons. The van der Waals surface area contributed by atoms with Crippen LogP contribution in [0.25, 0.3) is 0 Å². The second-order valence-electron chi connectivity index (χ2n) is 6.33. The molecule has 0 aromatic carbocycles. The summed E-state index contributed by atoms with van der Waals surface area (Å²) in [5.41, 5.74) is 0. The van der Waals surface area contributed by atoms with Gasteiger partial charge in [0.1, 0.15) is 39.3 Å². The Morgan fingerprint density at radius 3 is 0.741 bits per heavy atom. The molecule has 12 nitrogen and oxygen atoms in total. The number of aliphatic hydroxyl groups excluding tert-OH is 6. The maximum atomic E-state index is 8.68. The van der Waals surface area contributed by atoms with E-state index in [4.69, 9.17) is 48.2 Å². The van der Waals surface area contributed by atoms with Crippen molar-refractivity contribution in [1.29, 1.82) is 0 Å². The second kappa shape index (κ2) is 17.6. The predicted octanol–water partition coefficient (Wildman–Crippen LogP) is -4.52. The topological polar surface area (TPSA) is 202 Å². The number of quaternary nitrogens is 2. The van der Waals surface area contributed by atoms with Gasteiger partial charge in [-0.1, -0.05) is 0 Å². The van der Waals surface area contributed by atoms with Gasteiger partial charge < -0.3 is 48.7 Å². The summed E-state index contributed by atoms with van der Waals surface area (Å²) >= 11 is 0. The van der Waals surface area contributed by atoms with E-state index in [-0.39, 0.29) is 39.6 Å². The summed E-state index contributed by atoms with van der Waals surface area (Å²) in [6.07, 6.45) is 0. The lowest BCUT2D eigenvalue weighted by Gasteiger charge is -2.32. The minimum Gasteiger partial charge on any atom is -0.759 e. The smallest absolute Gasteiger partial charge is 0.102 e. The standard InChI is InChI=1S/2C7H18NO3.H2O4S/c2*1-8(2-5-9,3-6-10)4-7-11;1-5(2,3)4/h2*9-11H,2-7H2,1H3;(H2,1,2,3,4)/q2*+1;/p-2. The van der Waals surface area contributed by atoms with Crippen molar-refractivity contribution in [2.45, 2.75) is 0 Å². The molecular formula is C14H36N2O10S. The van der Waals surface area contributed by atoms with E-state index in [1.807, 2.05) is 14.1 Å². The van der Waals surface area contributed by atoms with Crippen LogP contribution in [0.3, 0.4) is 0 Å². The lowest BCUT2D eigenvalue weighted by molar-refractivity contribution is -0.910. The summed E-state index contributed by atoms with van der Waals surface area (Å²) in [4.78, 5) is 0. The van der Waals surface area contributed by atoms with Crippen LogP contribution >= 0.6 is 0 Å². The normalized spacial score (nSPS) is 11.9. The van der Waals surface area contributed by atoms with Crippen molar-refractivity contribution in [3.8, 4) is 0 Å². The number of likely N-dealkylation sites (N-methyl/N-ethyl adjacent to an activating group) is 2. The van der Waals surface area contributed by atoms with E-state index < -0.39 is 10.4 Å². The fraction of sp³-hybridized carbons (Fsp3) is 1.00. The molecule has 0 saturated heterocycles. The predicted molar refractivity (Wildman–Crippen MR) is 94.6 cm³/mol. The summed E-state index contributed by atoms with van der Waals surface area (Å²) in [7, 11) is -1.36. The second-order valence-corrected chi connectivity index (χ2v) is 7.15. The average molecular weight is 425 g/mol. The van der Waals surface area contributed by atoms with Crippen molar-refractivity contribution in [2.75, 3.05) is 93.0 Å². The van der Waals surface area contributed by atoms with Crippen LogP contribution in [0, 0.1) is 0 Å². The number of aliphatic hydroxyl groups is 6. The number of hydrogen-bond donors (Lipinski definition) is 6. The molecule has 13 heteroatoms. The van der Waals surface area contributed by atoms with Gasteiger partial charge in [0, 0.05) is 10.4 Å². The van der Waals surface area contributed by atoms with Crippen LogP contribution in [0.2, 0.25) is 0 Å². The highest BCUT2D eigenvalue weighted by molar-refractivity contribution is 7.79. The molecule has 168 valence electrons. The summed E-state index contributed by atoms with van der Waals surface area (Å²) in [5.74, 6) is 0. The van der Waals surface area contributed by atoms with E-state index in [2.05, 4.69) is 0 Å². The Balaban J connectivity index is -0.000000344. The lowest BCUT2D eigenvalue weighted by Crippen LogP contribution is -2.49. The van der Waals surface area contributed by atoms with Gasteiger partial charge in [-0.25, -0.2) is 0 Å². The Hall–Kier alpha value is -0.450. The van der Waals surface area contributed by atoms with Crippen molar-refractivity contribution in [2.24, 2.45) is 0 Å². The quantitative estimate of drug-likeness (QED) is 0.101. The summed E-state index contributed by atoms with van der Waals surface area (Å²) in [5, 5.41) is 52.1. The first kappa shape index (κ1) is 31.3. The van der Waals surface area contributed by atoms with E-state index in [1.54, 1.807) is 0 Å². The maximum absolute atomic E-state index is 8.68. The first-order valence-electron chi connectivity index (χ1n) is 8.36. The van der Waals surface area contributed by atoms with Crippen LogP contribution in [-0.2, 0) is 10.4 Å². The maximum Gasteiger partial charge on any atom is 0.102 e. The molecule has 0 heterocycles. The Morgan fingerprint density at radius 2 is 0.667 bits per heavy atom. The highest BCUT2D eigenvalue weighted by Gasteiger charge is 2.19. The molecule has 0 amide bonds. The molecule has 27 heavy (non-hydrogen) atoms. The molecule has 0 aromatic rings. The molecule has 0 aromatic heterocycles. The number of hydrogen-bond acceptors (Lipinski definition) is 10. The first-order valence-corrected chi connectivity index (χ1v) is 9.69. The monoisotopic (exact) mass is 424 g/mol. The van der Waals surface area contributed by atoms with E-state index in [0.29, 0.717) is 48.2 Å². The van der Waals surface area contributed by atoms with E-state index in [0.717, 1.165) is 0 Å². The Morgan fingerprint density at radius 1 is 0.556 bits per heavy atom. The van der Waals surface area contributed by atoms with Gasteiger partial charge in [-0.15, -0.1) is 0 Å². The van der Waals surface area contributed by atoms with Gasteiger partial charge in [-0.2, -0.15) is 0 Å². The molecule has 6 N–H and O–H groups in total. The van der Waals surface area contributed by atoms with Crippen LogP contribution in [-0.4, -0.2) is 150 Å². The largest absolute Gasteiger partial charge is 0.759 e. The van der Waals surface area contributed by atoms with E-state index in [9.17, 15) is 0 Å². The third kappa shape index (κ3) is 25.5. The minimum absolute atomic E-state index is 0.0938. The van der Waals surface area contributed by atoms with Crippen LogP contribution < -0.4 is 0 Å². The molecular weight excluding hydrogens is 388 g/mol. The average Bonchev–Trinajstić information content (AvgIpc) is 2.47. The fourth-order valence-corrected chi connectivity index (χ4v) is 2.12. The van der Waals surface area contributed by atoms with Crippen LogP contribution in [0.15, 0.2) is 0 Å². The Kier molecular flexibility index (Phi) is 20.4.